The summed E-state index contributed by atoms with van der Waals surface area (Å²) in [4.78, 5) is 8.81. The van der Waals surface area contributed by atoms with Gasteiger partial charge in [0, 0.05) is 22.9 Å². The van der Waals surface area contributed by atoms with Crippen molar-refractivity contribution in [3.63, 3.8) is 0 Å². The van der Waals surface area contributed by atoms with E-state index in [-0.39, 0.29) is 10.8 Å². The summed E-state index contributed by atoms with van der Waals surface area (Å²) in [6.07, 6.45) is 3.07. The Morgan fingerprint density at radius 1 is 0.970 bits per heavy atom. The molecule has 170 valence electrons. The first-order chi connectivity index (χ1) is 15.9. The van der Waals surface area contributed by atoms with E-state index in [1.165, 1.54) is 24.0 Å². The number of benzene rings is 2. The summed E-state index contributed by atoms with van der Waals surface area (Å²) in [5, 5.41) is 7.09. The average molecular weight is 464 g/mol. The molecule has 0 fully saturated rings. The van der Waals surface area contributed by atoms with Crippen LogP contribution in [0.4, 0.5) is 17.4 Å². The normalized spacial score (nSPS) is 11.4. The number of rotatable bonds is 8. The van der Waals surface area contributed by atoms with Crippen LogP contribution >= 0.6 is 0 Å². The number of hydrogen-bond donors (Lipinski definition) is 2. The lowest BCUT2D eigenvalue weighted by molar-refractivity contribution is 0.427. The number of anilines is 3. The van der Waals surface area contributed by atoms with E-state index < -0.39 is 10.0 Å². The second-order valence-electron chi connectivity index (χ2n) is 7.49. The van der Waals surface area contributed by atoms with Gasteiger partial charge in [0.2, 0.25) is 5.88 Å². The van der Waals surface area contributed by atoms with Crippen molar-refractivity contribution in [1.82, 2.24) is 15.1 Å². The number of hydrogen-bond acceptors (Lipinski definition) is 7. The number of aryl methyl sites for hydroxylation is 2. The van der Waals surface area contributed by atoms with Gasteiger partial charge in [0.05, 0.1) is 16.3 Å². The van der Waals surface area contributed by atoms with Gasteiger partial charge < -0.3 is 9.84 Å². The predicted octanol–water partition coefficient (Wildman–Crippen LogP) is 5.11. The molecule has 0 aliphatic heterocycles. The molecular formula is C24H25N5O3S. The van der Waals surface area contributed by atoms with Gasteiger partial charge in [-0.3, -0.25) is 0 Å². The van der Waals surface area contributed by atoms with Crippen LogP contribution in [-0.4, -0.2) is 23.5 Å². The van der Waals surface area contributed by atoms with Crippen LogP contribution in [0, 0.1) is 6.92 Å². The molecule has 0 radical (unpaired) electrons. The molecule has 2 N–H and O–H groups in total. The lowest BCUT2D eigenvalue weighted by Gasteiger charge is -2.10. The Labute approximate surface area is 193 Å². The molecule has 2 aromatic heterocycles. The van der Waals surface area contributed by atoms with E-state index in [0.29, 0.717) is 23.5 Å². The predicted molar refractivity (Wildman–Crippen MR) is 128 cm³/mol. The molecule has 0 saturated heterocycles. The van der Waals surface area contributed by atoms with Gasteiger partial charge in [-0.25, -0.2) is 23.1 Å². The van der Waals surface area contributed by atoms with Crippen LogP contribution in [0.2, 0.25) is 0 Å². The quantitative estimate of drug-likeness (QED) is 0.374. The van der Waals surface area contributed by atoms with Crippen molar-refractivity contribution >= 4 is 27.4 Å². The topological polar surface area (TPSA) is 110 Å². The summed E-state index contributed by atoms with van der Waals surface area (Å²) in [5.41, 5.74) is 5.19. The van der Waals surface area contributed by atoms with E-state index in [4.69, 9.17) is 4.52 Å². The summed E-state index contributed by atoms with van der Waals surface area (Å²) >= 11 is 0. The maximum absolute atomic E-state index is 12.7. The molecule has 0 saturated carbocycles. The van der Waals surface area contributed by atoms with Gasteiger partial charge in [-0.15, -0.1) is 0 Å². The lowest BCUT2D eigenvalue weighted by atomic mass is 10.0. The average Bonchev–Trinajstić information content (AvgIpc) is 3.18. The number of aromatic nitrogens is 3. The number of nitrogens with one attached hydrogen (secondary N) is 2. The fraction of sp³-hybridized carbons (Fsp3) is 0.208. The van der Waals surface area contributed by atoms with E-state index in [9.17, 15) is 8.42 Å². The number of nitrogens with zero attached hydrogens (tertiary/aromatic N) is 3. The van der Waals surface area contributed by atoms with E-state index in [0.717, 1.165) is 23.4 Å². The summed E-state index contributed by atoms with van der Waals surface area (Å²) in [7, 11) is -3.81. The molecule has 2 heterocycles. The Hall–Kier alpha value is -3.72. The summed E-state index contributed by atoms with van der Waals surface area (Å²) in [6.45, 7) is 5.81. The Kier molecular flexibility index (Phi) is 6.41. The molecular weight excluding hydrogens is 438 g/mol. The maximum atomic E-state index is 12.7. The third kappa shape index (κ3) is 4.88. The van der Waals surface area contributed by atoms with Gasteiger partial charge in [-0.2, -0.15) is 0 Å². The number of sulfonamides is 1. The van der Waals surface area contributed by atoms with Crippen molar-refractivity contribution in [3.8, 4) is 11.3 Å². The van der Waals surface area contributed by atoms with Crippen LogP contribution in [0.3, 0.4) is 0 Å². The van der Waals surface area contributed by atoms with Crippen LogP contribution < -0.4 is 10.0 Å². The van der Waals surface area contributed by atoms with Gasteiger partial charge >= 0.3 is 0 Å². The highest BCUT2D eigenvalue weighted by Crippen LogP contribution is 2.26. The van der Waals surface area contributed by atoms with Crippen molar-refractivity contribution in [2.24, 2.45) is 0 Å². The smallest absolute Gasteiger partial charge is 0.264 e. The minimum absolute atomic E-state index is 0.113. The Morgan fingerprint density at radius 3 is 2.42 bits per heavy atom. The molecule has 4 aromatic rings. The molecule has 0 bridgehead atoms. The minimum atomic E-state index is -3.81. The lowest BCUT2D eigenvalue weighted by Crippen LogP contribution is -2.13. The molecule has 4 rings (SSSR count). The molecule has 9 heteroatoms. The fourth-order valence-electron chi connectivity index (χ4n) is 3.49. The van der Waals surface area contributed by atoms with E-state index in [1.54, 1.807) is 19.1 Å². The summed E-state index contributed by atoms with van der Waals surface area (Å²) < 4.78 is 33.1. The third-order valence-corrected chi connectivity index (χ3v) is 6.71. The highest BCUT2D eigenvalue weighted by atomic mass is 32.2. The standard InChI is InChI=1S/C24H25N5O3S/c1-4-17-8-6-7-9-20(17)22-14-23(26-15-25-22)27-18-10-12-19(13-11-18)33(30,31)29-24-16(3)21(5-2)28-32-24/h6-15,29H,4-5H2,1-3H3,(H,25,26,27). The monoisotopic (exact) mass is 463 g/mol. The van der Waals surface area contributed by atoms with Crippen LogP contribution in [-0.2, 0) is 22.9 Å². The van der Waals surface area contributed by atoms with Crippen molar-refractivity contribution in [2.45, 2.75) is 38.5 Å². The zero-order chi connectivity index (χ0) is 23.4. The van der Waals surface area contributed by atoms with Gasteiger partial charge in [-0.1, -0.05) is 43.3 Å². The zero-order valence-corrected chi connectivity index (χ0v) is 19.5. The van der Waals surface area contributed by atoms with Crippen LogP contribution in [0.1, 0.15) is 30.7 Å². The summed E-state index contributed by atoms with van der Waals surface area (Å²) in [5.74, 6) is 0.749. The van der Waals surface area contributed by atoms with Crippen molar-refractivity contribution < 1.29 is 12.9 Å². The first kappa shape index (κ1) is 22.5. The van der Waals surface area contributed by atoms with E-state index in [1.807, 2.05) is 31.2 Å². The largest absolute Gasteiger partial charge is 0.340 e. The first-order valence-electron chi connectivity index (χ1n) is 10.7. The van der Waals surface area contributed by atoms with Gasteiger partial charge in [-0.05, 0) is 49.6 Å². The Morgan fingerprint density at radius 2 is 1.73 bits per heavy atom. The summed E-state index contributed by atoms with van der Waals surface area (Å²) in [6, 6.07) is 16.4. The second kappa shape index (κ2) is 9.41. The Bertz CT molecular complexity index is 1370. The van der Waals surface area contributed by atoms with Gasteiger partial charge in [0.1, 0.15) is 12.1 Å². The molecule has 0 spiro atoms. The van der Waals surface area contributed by atoms with E-state index in [2.05, 4.69) is 38.2 Å². The van der Waals surface area contributed by atoms with Crippen molar-refractivity contribution in [1.29, 1.82) is 0 Å². The van der Waals surface area contributed by atoms with Crippen LogP contribution in [0.25, 0.3) is 11.3 Å². The molecule has 0 atom stereocenters. The molecule has 33 heavy (non-hydrogen) atoms. The van der Waals surface area contributed by atoms with Crippen LogP contribution in [0.5, 0.6) is 0 Å². The zero-order valence-electron chi connectivity index (χ0n) is 18.7. The first-order valence-corrected chi connectivity index (χ1v) is 12.1. The van der Waals surface area contributed by atoms with Crippen LogP contribution in [0.15, 0.2) is 70.3 Å². The van der Waals surface area contributed by atoms with Crippen molar-refractivity contribution in [3.05, 3.63) is 77.7 Å². The van der Waals surface area contributed by atoms with Crippen molar-refractivity contribution in [2.75, 3.05) is 10.0 Å². The molecule has 0 unspecified atom stereocenters. The van der Waals surface area contributed by atoms with Gasteiger partial charge in [0.15, 0.2) is 0 Å². The van der Waals surface area contributed by atoms with Gasteiger partial charge in [0.25, 0.3) is 10.0 Å². The third-order valence-electron chi connectivity index (χ3n) is 5.36. The molecule has 0 amide bonds. The molecule has 0 aliphatic rings. The highest BCUT2D eigenvalue weighted by molar-refractivity contribution is 7.92. The maximum Gasteiger partial charge on any atom is 0.264 e. The Balaban J connectivity index is 1.51. The molecule has 0 aliphatic carbocycles. The molecule has 8 nitrogen and oxygen atoms in total. The second-order valence-corrected chi connectivity index (χ2v) is 9.17. The highest BCUT2D eigenvalue weighted by Gasteiger charge is 2.19. The fourth-order valence-corrected chi connectivity index (χ4v) is 4.54. The minimum Gasteiger partial charge on any atom is -0.340 e. The van der Waals surface area contributed by atoms with E-state index >= 15 is 0 Å². The molecule has 2 aromatic carbocycles. The SMILES string of the molecule is CCc1ccccc1-c1cc(Nc2ccc(S(=O)(=O)Nc3onc(CC)c3C)cc2)ncn1.